The van der Waals surface area contributed by atoms with Crippen molar-refractivity contribution in [3.05, 3.63) is 0 Å². The largest absolute Gasteiger partial charge is 0.381 e. The molecule has 0 amide bonds. The van der Waals surface area contributed by atoms with E-state index in [1.54, 1.807) is 4.31 Å². The Bertz CT molecular complexity index is 270. The average Bonchev–Trinajstić information content (AvgIpc) is 2.66. The van der Waals surface area contributed by atoms with Gasteiger partial charge < -0.3 is 4.74 Å². The van der Waals surface area contributed by atoms with Gasteiger partial charge in [0.25, 0.3) is 0 Å². The molecule has 0 spiro atoms. The van der Waals surface area contributed by atoms with E-state index in [-0.39, 0.29) is 5.75 Å². The lowest BCUT2D eigenvalue weighted by Gasteiger charge is -2.22. The summed E-state index contributed by atoms with van der Waals surface area (Å²) in [6.07, 6.45) is 1.66. The summed E-state index contributed by atoms with van der Waals surface area (Å²) in [5.74, 6) is 0.644. The van der Waals surface area contributed by atoms with Crippen LogP contribution in [0.1, 0.15) is 26.7 Å². The smallest absolute Gasteiger partial charge is 0.214 e. The summed E-state index contributed by atoms with van der Waals surface area (Å²) < 4.78 is 30.5. The second-order valence-electron chi connectivity index (χ2n) is 4.00. The Hall–Kier alpha value is -0.130. The molecule has 0 radical (unpaired) electrons. The van der Waals surface area contributed by atoms with Crippen molar-refractivity contribution >= 4 is 10.0 Å². The third kappa shape index (κ3) is 3.74. The van der Waals surface area contributed by atoms with Crippen LogP contribution in [0.5, 0.6) is 0 Å². The molecule has 1 fully saturated rings. The zero-order valence-corrected chi connectivity index (χ0v) is 10.4. The summed E-state index contributed by atoms with van der Waals surface area (Å²) in [5, 5.41) is 0. The molecule has 0 aliphatic carbocycles. The molecule has 0 aromatic carbocycles. The van der Waals surface area contributed by atoms with Crippen LogP contribution >= 0.6 is 0 Å². The number of hydrogen-bond donors (Lipinski definition) is 0. The molecule has 0 aromatic rings. The van der Waals surface area contributed by atoms with Crippen molar-refractivity contribution < 1.29 is 13.2 Å². The first-order valence-electron chi connectivity index (χ1n) is 5.65. The molecule has 90 valence electrons. The van der Waals surface area contributed by atoms with Crippen molar-refractivity contribution in [3.8, 4) is 0 Å². The zero-order valence-electron chi connectivity index (χ0n) is 9.61. The van der Waals surface area contributed by atoms with Gasteiger partial charge in [0, 0.05) is 19.7 Å². The van der Waals surface area contributed by atoms with Crippen molar-refractivity contribution in [3.63, 3.8) is 0 Å². The molecule has 0 bridgehead atoms. The van der Waals surface area contributed by atoms with Gasteiger partial charge in [0.15, 0.2) is 0 Å². The summed E-state index contributed by atoms with van der Waals surface area (Å²) in [6, 6.07) is 0. The lowest BCUT2D eigenvalue weighted by atomic mass is 10.1. The highest BCUT2D eigenvalue weighted by Gasteiger charge is 2.25. The van der Waals surface area contributed by atoms with Crippen molar-refractivity contribution in [2.75, 3.05) is 32.1 Å². The minimum absolute atomic E-state index is 0.258. The maximum atomic E-state index is 11.8. The van der Waals surface area contributed by atoms with E-state index in [1.807, 2.05) is 13.8 Å². The molecule has 4 nitrogen and oxygen atoms in total. The predicted molar refractivity (Wildman–Crippen MR) is 60.3 cm³/mol. The van der Waals surface area contributed by atoms with Gasteiger partial charge in [0.2, 0.25) is 10.0 Å². The SMILES string of the molecule is CCCS(=O)(=O)N(CC)CC1CCOC1. The molecule has 0 N–H and O–H groups in total. The van der Waals surface area contributed by atoms with Gasteiger partial charge in [-0.25, -0.2) is 12.7 Å². The molecule has 1 aliphatic heterocycles. The summed E-state index contributed by atoms with van der Waals surface area (Å²) in [4.78, 5) is 0. The quantitative estimate of drug-likeness (QED) is 0.692. The van der Waals surface area contributed by atoms with E-state index in [0.717, 1.165) is 13.0 Å². The second-order valence-corrected chi connectivity index (χ2v) is 6.08. The van der Waals surface area contributed by atoms with Crippen LogP contribution in [0.2, 0.25) is 0 Å². The standard InChI is InChI=1S/C10H21NO3S/c1-3-7-15(12,13)11(4-2)8-10-5-6-14-9-10/h10H,3-9H2,1-2H3. The first-order valence-corrected chi connectivity index (χ1v) is 7.26. The monoisotopic (exact) mass is 235 g/mol. The van der Waals surface area contributed by atoms with E-state index < -0.39 is 10.0 Å². The zero-order chi connectivity index (χ0) is 11.3. The Morgan fingerprint density at radius 2 is 2.13 bits per heavy atom. The highest BCUT2D eigenvalue weighted by molar-refractivity contribution is 7.89. The number of sulfonamides is 1. The molecule has 1 aliphatic rings. The van der Waals surface area contributed by atoms with E-state index in [1.165, 1.54) is 0 Å². The van der Waals surface area contributed by atoms with Gasteiger partial charge in [0.1, 0.15) is 0 Å². The Labute approximate surface area is 92.7 Å². The van der Waals surface area contributed by atoms with Crippen molar-refractivity contribution in [1.29, 1.82) is 0 Å². The maximum Gasteiger partial charge on any atom is 0.214 e. The number of ether oxygens (including phenoxy) is 1. The number of rotatable bonds is 6. The van der Waals surface area contributed by atoms with Crippen LogP contribution in [0.3, 0.4) is 0 Å². The molecular formula is C10H21NO3S. The van der Waals surface area contributed by atoms with Crippen LogP contribution in [-0.4, -0.2) is 44.8 Å². The fourth-order valence-corrected chi connectivity index (χ4v) is 3.45. The fourth-order valence-electron chi connectivity index (χ4n) is 1.84. The molecule has 1 unspecified atom stereocenters. The molecule has 0 saturated carbocycles. The Morgan fingerprint density at radius 3 is 2.60 bits per heavy atom. The van der Waals surface area contributed by atoms with E-state index in [4.69, 9.17) is 4.74 Å². The molecule has 1 heterocycles. The third-order valence-electron chi connectivity index (χ3n) is 2.69. The molecule has 15 heavy (non-hydrogen) atoms. The van der Waals surface area contributed by atoms with Crippen LogP contribution in [0.25, 0.3) is 0 Å². The van der Waals surface area contributed by atoms with Gasteiger partial charge in [-0.3, -0.25) is 0 Å². The molecular weight excluding hydrogens is 214 g/mol. The molecule has 1 atom stereocenters. The Balaban J connectivity index is 2.54. The van der Waals surface area contributed by atoms with Gasteiger partial charge in [-0.1, -0.05) is 13.8 Å². The lowest BCUT2D eigenvalue weighted by molar-refractivity contribution is 0.181. The number of nitrogens with zero attached hydrogens (tertiary/aromatic N) is 1. The van der Waals surface area contributed by atoms with Crippen molar-refractivity contribution in [2.24, 2.45) is 5.92 Å². The Morgan fingerprint density at radius 1 is 1.40 bits per heavy atom. The van der Waals surface area contributed by atoms with Gasteiger partial charge in [0.05, 0.1) is 12.4 Å². The van der Waals surface area contributed by atoms with Gasteiger partial charge in [-0.15, -0.1) is 0 Å². The van der Waals surface area contributed by atoms with E-state index in [0.29, 0.717) is 32.0 Å². The lowest BCUT2D eigenvalue weighted by Crippen LogP contribution is -2.36. The summed E-state index contributed by atoms with van der Waals surface area (Å²) >= 11 is 0. The molecule has 5 heteroatoms. The van der Waals surface area contributed by atoms with Gasteiger partial charge in [-0.2, -0.15) is 0 Å². The summed E-state index contributed by atoms with van der Waals surface area (Å²) in [6.45, 7) is 6.46. The van der Waals surface area contributed by atoms with Crippen LogP contribution in [0, 0.1) is 5.92 Å². The predicted octanol–water partition coefficient (Wildman–Crippen LogP) is 1.08. The molecule has 1 saturated heterocycles. The van der Waals surface area contributed by atoms with E-state index in [2.05, 4.69) is 0 Å². The van der Waals surface area contributed by atoms with Gasteiger partial charge >= 0.3 is 0 Å². The highest BCUT2D eigenvalue weighted by Crippen LogP contribution is 2.16. The van der Waals surface area contributed by atoms with Crippen molar-refractivity contribution in [2.45, 2.75) is 26.7 Å². The summed E-state index contributed by atoms with van der Waals surface area (Å²) in [5.41, 5.74) is 0. The fraction of sp³-hybridized carbons (Fsp3) is 1.00. The second kappa shape index (κ2) is 5.82. The number of hydrogen-bond acceptors (Lipinski definition) is 3. The van der Waals surface area contributed by atoms with Crippen LogP contribution in [0.15, 0.2) is 0 Å². The third-order valence-corrected chi connectivity index (χ3v) is 4.81. The minimum Gasteiger partial charge on any atom is -0.381 e. The van der Waals surface area contributed by atoms with E-state index >= 15 is 0 Å². The first kappa shape index (κ1) is 12.9. The van der Waals surface area contributed by atoms with E-state index in [9.17, 15) is 8.42 Å². The van der Waals surface area contributed by atoms with Gasteiger partial charge in [-0.05, 0) is 18.8 Å². The topological polar surface area (TPSA) is 46.6 Å². The Kier molecular flexibility index (Phi) is 5.02. The highest BCUT2D eigenvalue weighted by atomic mass is 32.2. The van der Waals surface area contributed by atoms with Crippen molar-refractivity contribution in [1.82, 2.24) is 4.31 Å². The molecule has 0 aromatic heterocycles. The first-order chi connectivity index (χ1) is 7.10. The normalized spacial score (nSPS) is 22.5. The maximum absolute atomic E-state index is 11.8. The minimum atomic E-state index is -3.03. The van der Waals surface area contributed by atoms with Crippen LogP contribution < -0.4 is 0 Å². The summed E-state index contributed by atoms with van der Waals surface area (Å²) in [7, 11) is -3.03. The molecule has 1 rings (SSSR count). The average molecular weight is 235 g/mol. The van der Waals surface area contributed by atoms with Crippen LogP contribution in [-0.2, 0) is 14.8 Å². The van der Waals surface area contributed by atoms with Crippen LogP contribution in [0.4, 0.5) is 0 Å².